The Morgan fingerprint density at radius 1 is 1.31 bits per heavy atom. The van der Waals surface area contributed by atoms with Crippen LogP contribution in [0.4, 0.5) is 5.69 Å². The summed E-state index contributed by atoms with van der Waals surface area (Å²) in [6.07, 6.45) is 5.33. The van der Waals surface area contributed by atoms with E-state index in [0.717, 1.165) is 42.5 Å². The first-order valence-electron chi connectivity index (χ1n) is 8.55. The molecule has 4 rings (SSSR count). The summed E-state index contributed by atoms with van der Waals surface area (Å²) >= 11 is 6.14. The van der Waals surface area contributed by atoms with E-state index in [1.807, 2.05) is 13.0 Å². The molecule has 134 valence electrons. The van der Waals surface area contributed by atoms with Crippen LogP contribution in [0.15, 0.2) is 29.3 Å². The maximum Gasteiger partial charge on any atom is 0.293 e. The van der Waals surface area contributed by atoms with Gasteiger partial charge < -0.3 is 5.32 Å². The normalized spacial score (nSPS) is 13.6. The molecule has 0 aliphatic heterocycles. The second kappa shape index (κ2) is 6.57. The van der Waals surface area contributed by atoms with Gasteiger partial charge in [0, 0.05) is 5.56 Å². The van der Waals surface area contributed by atoms with Crippen LogP contribution >= 0.6 is 11.6 Å². The Morgan fingerprint density at radius 2 is 2.12 bits per heavy atom. The van der Waals surface area contributed by atoms with Crippen LogP contribution in [0.5, 0.6) is 0 Å². The van der Waals surface area contributed by atoms with Gasteiger partial charge in [-0.05, 0) is 50.3 Å². The molecule has 3 aromatic rings. The molecule has 8 heteroatoms. The first kappa shape index (κ1) is 16.8. The van der Waals surface area contributed by atoms with Gasteiger partial charge in [-0.1, -0.05) is 17.7 Å². The molecule has 0 saturated carbocycles. The van der Waals surface area contributed by atoms with Crippen molar-refractivity contribution in [1.82, 2.24) is 19.4 Å². The Morgan fingerprint density at radius 3 is 2.92 bits per heavy atom. The number of aryl methyl sites for hydroxylation is 3. The van der Waals surface area contributed by atoms with Gasteiger partial charge in [0.1, 0.15) is 18.4 Å². The number of halogens is 1. The summed E-state index contributed by atoms with van der Waals surface area (Å²) in [7, 11) is 0. The zero-order valence-corrected chi connectivity index (χ0v) is 15.1. The molecular weight excluding hydrogens is 354 g/mol. The van der Waals surface area contributed by atoms with Crippen LogP contribution in [0.3, 0.4) is 0 Å². The highest BCUT2D eigenvalue weighted by molar-refractivity contribution is 6.33. The minimum atomic E-state index is -0.358. The van der Waals surface area contributed by atoms with Crippen LogP contribution in [0.1, 0.15) is 29.7 Å². The largest absolute Gasteiger partial charge is 0.323 e. The number of hydrogen-bond donors (Lipinski definition) is 1. The predicted octanol–water partition coefficient (Wildman–Crippen LogP) is 2.37. The molecular formula is C18H18ClN5O2. The lowest BCUT2D eigenvalue weighted by atomic mass is 9.97. The molecule has 1 aliphatic rings. The first-order chi connectivity index (χ1) is 12.5. The van der Waals surface area contributed by atoms with Gasteiger partial charge in [-0.25, -0.2) is 9.20 Å². The van der Waals surface area contributed by atoms with E-state index >= 15 is 0 Å². The van der Waals surface area contributed by atoms with Gasteiger partial charge >= 0.3 is 0 Å². The molecule has 0 unspecified atom stereocenters. The average Bonchev–Trinajstić information content (AvgIpc) is 2.99. The first-order valence-corrected chi connectivity index (χ1v) is 8.93. The van der Waals surface area contributed by atoms with Crippen molar-refractivity contribution in [2.24, 2.45) is 0 Å². The van der Waals surface area contributed by atoms with Crippen molar-refractivity contribution in [3.8, 4) is 0 Å². The van der Waals surface area contributed by atoms with Crippen molar-refractivity contribution in [2.75, 3.05) is 5.32 Å². The molecule has 1 aromatic carbocycles. The van der Waals surface area contributed by atoms with Crippen LogP contribution in [-0.2, 0) is 24.2 Å². The third kappa shape index (κ3) is 2.99. The van der Waals surface area contributed by atoms with E-state index in [4.69, 9.17) is 11.6 Å². The number of benzene rings is 1. The third-order valence-corrected chi connectivity index (χ3v) is 4.92. The average molecular weight is 372 g/mol. The van der Waals surface area contributed by atoms with Crippen molar-refractivity contribution < 1.29 is 4.79 Å². The standard InChI is InChI=1S/C18H18ClN5O2/c1-11-6-7-15(13(19)8-11)21-16(25)9-23-18(26)17-12-4-2-3-5-14(12)22-24(17)10-20-23/h6-8,10H,2-5,9H2,1H3,(H,21,25). The molecule has 0 atom stereocenters. The summed E-state index contributed by atoms with van der Waals surface area (Å²) in [6, 6.07) is 5.37. The minimum absolute atomic E-state index is 0.181. The summed E-state index contributed by atoms with van der Waals surface area (Å²) in [5.41, 5.74) is 3.69. The number of rotatable bonds is 3. The maximum absolute atomic E-state index is 12.8. The number of nitrogens with zero attached hydrogens (tertiary/aromatic N) is 4. The highest BCUT2D eigenvalue weighted by Gasteiger charge is 2.20. The zero-order valence-electron chi connectivity index (χ0n) is 14.3. The molecule has 0 fully saturated rings. The van der Waals surface area contributed by atoms with Crippen molar-refractivity contribution in [3.63, 3.8) is 0 Å². The Labute approximate surface area is 154 Å². The van der Waals surface area contributed by atoms with E-state index in [1.165, 1.54) is 15.5 Å². The summed E-state index contributed by atoms with van der Waals surface area (Å²) in [6.45, 7) is 1.74. The number of carbonyl (C=O) groups excluding carboxylic acids is 1. The highest BCUT2D eigenvalue weighted by Crippen LogP contribution is 2.23. The van der Waals surface area contributed by atoms with E-state index < -0.39 is 0 Å². The van der Waals surface area contributed by atoms with Gasteiger partial charge in [0.2, 0.25) is 5.91 Å². The van der Waals surface area contributed by atoms with Crippen LogP contribution < -0.4 is 10.9 Å². The number of anilines is 1. The van der Waals surface area contributed by atoms with Crippen molar-refractivity contribution >= 4 is 28.7 Å². The zero-order chi connectivity index (χ0) is 18.3. The van der Waals surface area contributed by atoms with Crippen LogP contribution in [0.2, 0.25) is 5.02 Å². The predicted molar refractivity (Wildman–Crippen MR) is 98.7 cm³/mol. The fraction of sp³-hybridized carbons (Fsp3) is 0.333. The molecule has 26 heavy (non-hydrogen) atoms. The Bertz CT molecular complexity index is 1070. The van der Waals surface area contributed by atoms with Gasteiger partial charge in [-0.2, -0.15) is 10.2 Å². The molecule has 0 spiro atoms. The Balaban J connectivity index is 1.61. The van der Waals surface area contributed by atoms with Crippen molar-refractivity contribution in [1.29, 1.82) is 0 Å². The lowest BCUT2D eigenvalue weighted by molar-refractivity contribution is -0.117. The molecule has 2 heterocycles. The molecule has 0 saturated heterocycles. The second-order valence-corrected chi connectivity index (χ2v) is 6.96. The lowest BCUT2D eigenvalue weighted by Crippen LogP contribution is -2.31. The van der Waals surface area contributed by atoms with Crippen LogP contribution in [0.25, 0.3) is 5.52 Å². The maximum atomic E-state index is 12.8. The summed E-state index contributed by atoms with van der Waals surface area (Å²) in [4.78, 5) is 25.1. The van der Waals surface area contributed by atoms with E-state index in [0.29, 0.717) is 16.2 Å². The molecule has 7 nitrogen and oxygen atoms in total. The quantitative estimate of drug-likeness (QED) is 0.766. The van der Waals surface area contributed by atoms with Gasteiger partial charge in [-0.3, -0.25) is 9.59 Å². The fourth-order valence-electron chi connectivity index (χ4n) is 3.33. The van der Waals surface area contributed by atoms with Gasteiger partial charge in [0.15, 0.2) is 0 Å². The smallest absolute Gasteiger partial charge is 0.293 e. The summed E-state index contributed by atoms with van der Waals surface area (Å²) in [5, 5.41) is 11.7. The topological polar surface area (TPSA) is 81.3 Å². The minimum Gasteiger partial charge on any atom is -0.323 e. The van der Waals surface area contributed by atoms with Crippen molar-refractivity contribution in [3.05, 3.63) is 56.7 Å². The number of fused-ring (bicyclic) bond motifs is 3. The lowest BCUT2D eigenvalue weighted by Gasteiger charge is -2.10. The van der Waals surface area contributed by atoms with E-state index in [1.54, 1.807) is 12.1 Å². The number of carbonyl (C=O) groups is 1. The number of hydrogen-bond acceptors (Lipinski definition) is 4. The summed E-state index contributed by atoms with van der Waals surface area (Å²) in [5.74, 6) is -0.358. The van der Waals surface area contributed by atoms with Gasteiger partial charge in [0.25, 0.3) is 5.56 Å². The molecule has 0 radical (unpaired) electrons. The molecule has 2 aromatic heterocycles. The highest BCUT2D eigenvalue weighted by atomic mass is 35.5. The van der Waals surface area contributed by atoms with E-state index in [9.17, 15) is 9.59 Å². The van der Waals surface area contributed by atoms with E-state index in [2.05, 4.69) is 15.5 Å². The van der Waals surface area contributed by atoms with Crippen LogP contribution in [0, 0.1) is 6.92 Å². The molecule has 1 amide bonds. The number of amides is 1. The number of nitrogens with one attached hydrogen (secondary N) is 1. The van der Waals surface area contributed by atoms with Crippen LogP contribution in [-0.4, -0.2) is 25.3 Å². The van der Waals surface area contributed by atoms with Gasteiger partial charge in [0.05, 0.1) is 16.4 Å². The number of aromatic nitrogens is 4. The summed E-state index contributed by atoms with van der Waals surface area (Å²) < 4.78 is 2.70. The molecule has 1 aliphatic carbocycles. The monoisotopic (exact) mass is 371 g/mol. The SMILES string of the molecule is Cc1ccc(NC(=O)Cn2ncn3nc4c(c3c2=O)CCCC4)c(Cl)c1. The van der Waals surface area contributed by atoms with E-state index in [-0.39, 0.29) is 18.0 Å². The second-order valence-electron chi connectivity index (χ2n) is 6.55. The van der Waals surface area contributed by atoms with Gasteiger partial charge in [-0.15, -0.1) is 0 Å². The Hall–Kier alpha value is -2.67. The molecule has 0 bridgehead atoms. The third-order valence-electron chi connectivity index (χ3n) is 4.61. The Kier molecular flexibility index (Phi) is 4.24. The van der Waals surface area contributed by atoms with Crippen molar-refractivity contribution in [2.45, 2.75) is 39.2 Å². The molecule has 1 N–H and O–H groups in total. The fourth-order valence-corrected chi connectivity index (χ4v) is 3.61.